The van der Waals surface area contributed by atoms with Crippen LogP contribution in [0.15, 0.2) is 85.2 Å². The van der Waals surface area contributed by atoms with E-state index in [9.17, 15) is 9.59 Å². The van der Waals surface area contributed by atoms with Crippen LogP contribution in [0.25, 0.3) is 17.1 Å². The molecule has 0 aliphatic carbocycles. The van der Waals surface area contributed by atoms with Gasteiger partial charge >= 0.3 is 0 Å². The average molecular weight is 484 g/mol. The minimum Gasteiger partial charge on any atom is -0.368 e. The standard InChI is InChI=1S/C27H29N7O2/c1-20(35)28-13-14-29-24-19-25(33-26(32-24)21-7-3-2-4-8-21)30-15-16-31-27(36)22-9-11-23(12-10-22)34-17-5-6-18-34/h2-12,17-19H,13-16H2,1H3,(H,28,35)(H,31,36)(H2,29,30,32,33). The molecule has 2 heterocycles. The Kier molecular flexibility index (Phi) is 8.27. The van der Waals surface area contributed by atoms with Crippen LogP contribution in [0.2, 0.25) is 0 Å². The molecule has 4 aromatic rings. The Morgan fingerprint density at radius 1 is 0.750 bits per heavy atom. The second kappa shape index (κ2) is 12.2. The number of carbonyl (C=O) groups excluding carboxylic acids is 2. The van der Waals surface area contributed by atoms with Gasteiger partial charge in [-0.05, 0) is 36.4 Å². The number of carbonyl (C=O) groups is 2. The molecular weight excluding hydrogens is 454 g/mol. The first kappa shape index (κ1) is 24.5. The zero-order valence-electron chi connectivity index (χ0n) is 20.1. The van der Waals surface area contributed by atoms with Crippen molar-refractivity contribution < 1.29 is 9.59 Å². The van der Waals surface area contributed by atoms with E-state index in [0.29, 0.717) is 49.2 Å². The molecule has 0 aliphatic heterocycles. The number of anilines is 2. The van der Waals surface area contributed by atoms with Crippen molar-refractivity contribution in [3.8, 4) is 17.1 Å². The molecule has 0 unspecified atom stereocenters. The largest absolute Gasteiger partial charge is 0.368 e. The summed E-state index contributed by atoms with van der Waals surface area (Å²) in [5.41, 5.74) is 2.49. The van der Waals surface area contributed by atoms with Crippen LogP contribution in [0.3, 0.4) is 0 Å². The van der Waals surface area contributed by atoms with Crippen LogP contribution in [0, 0.1) is 0 Å². The minimum absolute atomic E-state index is 0.0780. The molecule has 2 aromatic heterocycles. The zero-order chi connectivity index (χ0) is 25.2. The smallest absolute Gasteiger partial charge is 0.251 e. The van der Waals surface area contributed by atoms with Gasteiger partial charge in [-0.2, -0.15) is 0 Å². The average Bonchev–Trinajstić information content (AvgIpc) is 3.45. The van der Waals surface area contributed by atoms with E-state index in [1.54, 1.807) is 0 Å². The highest BCUT2D eigenvalue weighted by Crippen LogP contribution is 2.20. The fourth-order valence-corrected chi connectivity index (χ4v) is 3.53. The Morgan fingerprint density at radius 3 is 1.97 bits per heavy atom. The molecule has 4 rings (SSSR count). The number of nitrogens with one attached hydrogen (secondary N) is 4. The molecule has 0 aliphatic rings. The summed E-state index contributed by atoms with van der Waals surface area (Å²) in [7, 11) is 0. The van der Waals surface area contributed by atoms with Gasteiger partial charge in [-0.25, -0.2) is 9.97 Å². The van der Waals surface area contributed by atoms with Crippen molar-refractivity contribution in [2.24, 2.45) is 0 Å². The van der Waals surface area contributed by atoms with Gasteiger partial charge in [-0.15, -0.1) is 0 Å². The first-order chi connectivity index (χ1) is 17.6. The van der Waals surface area contributed by atoms with Crippen LogP contribution in [0.4, 0.5) is 11.6 Å². The van der Waals surface area contributed by atoms with E-state index in [4.69, 9.17) is 0 Å². The molecule has 0 bridgehead atoms. The Morgan fingerprint density at radius 2 is 1.36 bits per heavy atom. The highest BCUT2D eigenvalue weighted by molar-refractivity contribution is 5.94. The van der Waals surface area contributed by atoms with Gasteiger partial charge in [0.1, 0.15) is 11.6 Å². The molecule has 9 nitrogen and oxygen atoms in total. The summed E-state index contributed by atoms with van der Waals surface area (Å²) in [6.07, 6.45) is 3.92. The van der Waals surface area contributed by atoms with Gasteiger partial charge in [0, 0.05) is 68.4 Å². The number of hydrogen-bond donors (Lipinski definition) is 4. The summed E-state index contributed by atoms with van der Waals surface area (Å²) in [6, 6.07) is 22.9. The number of aromatic nitrogens is 3. The van der Waals surface area contributed by atoms with Crippen LogP contribution >= 0.6 is 0 Å². The lowest BCUT2D eigenvalue weighted by molar-refractivity contribution is -0.118. The molecule has 4 N–H and O–H groups in total. The van der Waals surface area contributed by atoms with Gasteiger partial charge < -0.3 is 25.8 Å². The summed E-state index contributed by atoms with van der Waals surface area (Å²) in [5.74, 6) is 1.64. The second-order valence-electron chi connectivity index (χ2n) is 8.06. The third-order valence-corrected chi connectivity index (χ3v) is 5.31. The lowest BCUT2D eigenvalue weighted by Gasteiger charge is -2.12. The van der Waals surface area contributed by atoms with E-state index >= 15 is 0 Å². The van der Waals surface area contributed by atoms with Gasteiger partial charge in [0.05, 0.1) is 0 Å². The fraction of sp³-hybridized carbons (Fsp3) is 0.185. The topological polar surface area (TPSA) is 113 Å². The highest BCUT2D eigenvalue weighted by atomic mass is 16.2. The molecule has 0 saturated heterocycles. The van der Waals surface area contributed by atoms with E-state index in [2.05, 4.69) is 31.2 Å². The number of rotatable bonds is 11. The molecule has 0 radical (unpaired) electrons. The maximum Gasteiger partial charge on any atom is 0.251 e. The zero-order valence-corrected chi connectivity index (χ0v) is 20.1. The number of hydrogen-bond acceptors (Lipinski definition) is 6. The fourth-order valence-electron chi connectivity index (χ4n) is 3.53. The molecule has 2 amide bonds. The van der Waals surface area contributed by atoms with Crippen molar-refractivity contribution in [3.05, 3.63) is 90.8 Å². The van der Waals surface area contributed by atoms with Crippen LogP contribution in [-0.4, -0.2) is 52.5 Å². The summed E-state index contributed by atoms with van der Waals surface area (Å²) in [4.78, 5) is 32.8. The van der Waals surface area contributed by atoms with Crippen molar-refractivity contribution in [3.63, 3.8) is 0 Å². The van der Waals surface area contributed by atoms with Crippen LogP contribution in [0.5, 0.6) is 0 Å². The Labute approximate surface area is 210 Å². The number of benzene rings is 2. The molecule has 36 heavy (non-hydrogen) atoms. The maximum absolute atomic E-state index is 12.5. The summed E-state index contributed by atoms with van der Waals surface area (Å²) in [6.45, 7) is 3.42. The normalized spacial score (nSPS) is 10.5. The van der Waals surface area contributed by atoms with E-state index < -0.39 is 0 Å². The van der Waals surface area contributed by atoms with Gasteiger partial charge in [0.2, 0.25) is 5.91 Å². The molecule has 9 heteroatoms. The highest BCUT2D eigenvalue weighted by Gasteiger charge is 2.08. The summed E-state index contributed by atoms with van der Waals surface area (Å²) in [5, 5.41) is 12.2. The quantitative estimate of drug-likeness (QED) is 0.244. The molecule has 184 valence electrons. The number of amides is 2. The van der Waals surface area contributed by atoms with E-state index in [0.717, 1.165) is 11.3 Å². The first-order valence-electron chi connectivity index (χ1n) is 11.8. The summed E-state index contributed by atoms with van der Waals surface area (Å²) < 4.78 is 1.99. The van der Waals surface area contributed by atoms with Crippen LogP contribution in [-0.2, 0) is 4.79 Å². The van der Waals surface area contributed by atoms with E-state index in [-0.39, 0.29) is 11.8 Å². The molecule has 0 spiro atoms. The maximum atomic E-state index is 12.5. The van der Waals surface area contributed by atoms with E-state index in [1.165, 1.54) is 6.92 Å². The van der Waals surface area contributed by atoms with Crippen LogP contribution < -0.4 is 21.3 Å². The van der Waals surface area contributed by atoms with Gasteiger partial charge in [0.15, 0.2) is 5.82 Å². The SMILES string of the molecule is CC(=O)NCCNc1cc(NCCNC(=O)c2ccc(-n3cccc3)cc2)nc(-c2ccccc2)n1. The Balaban J connectivity index is 1.33. The van der Waals surface area contributed by atoms with Crippen molar-refractivity contribution in [1.82, 2.24) is 25.2 Å². The lowest BCUT2D eigenvalue weighted by Crippen LogP contribution is -2.29. The lowest BCUT2D eigenvalue weighted by atomic mass is 10.2. The Hall–Kier alpha value is -4.66. The van der Waals surface area contributed by atoms with Gasteiger partial charge in [-0.1, -0.05) is 30.3 Å². The molecule has 0 fully saturated rings. The van der Waals surface area contributed by atoms with Crippen molar-refractivity contribution in [1.29, 1.82) is 0 Å². The second-order valence-corrected chi connectivity index (χ2v) is 8.06. The molecular formula is C27H29N7O2. The first-order valence-corrected chi connectivity index (χ1v) is 11.8. The van der Waals surface area contributed by atoms with E-state index in [1.807, 2.05) is 89.8 Å². The van der Waals surface area contributed by atoms with Crippen LogP contribution in [0.1, 0.15) is 17.3 Å². The Bertz CT molecular complexity index is 1270. The predicted octanol–water partition coefficient (Wildman–Crippen LogP) is 3.32. The molecule has 0 atom stereocenters. The van der Waals surface area contributed by atoms with Crippen molar-refractivity contribution >= 4 is 23.5 Å². The third kappa shape index (κ3) is 6.92. The molecule has 0 saturated carbocycles. The third-order valence-electron chi connectivity index (χ3n) is 5.31. The van der Waals surface area contributed by atoms with Gasteiger partial charge in [-0.3, -0.25) is 9.59 Å². The number of nitrogens with zero attached hydrogens (tertiary/aromatic N) is 3. The van der Waals surface area contributed by atoms with Gasteiger partial charge in [0.25, 0.3) is 5.91 Å². The molecule has 2 aromatic carbocycles. The van der Waals surface area contributed by atoms with Crippen molar-refractivity contribution in [2.45, 2.75) is 6.92 Å². The minimum atomic E-state index is -0.135. The predicted molar refractivity (Wildman–Crippen MR) is 141 cm³/mol. The monoisotopic (exact) mass is 483 g/mol. The van der Waals surface area contributed by atoms with Crippen molar-refractivity contribution in [2.75, 3.05) is 36.8 Å². The summed E-state index contributed by atoms with van der Waals surface area (Å²) >= 11 is 0.